The Bertz CT molecular complexity index is 455. The molecule has 0 atom stereocenters. The predicted octanol–water partition coefficient (Wildman–Crippen LogP) is 2.44. The minimum atomic E-state index is -0.371. The van der Waals surface area contributed by atoms with Gasteiger partial charge in [-0.25, -0.2) is 4.79 Å². The lowest BCUT2D eigenvalue weighted by atomic mass is 10.1. The van der Waals surface area contributed by atoms with E-state index in [-0.39, 0.29) is 5.97 Å². The number of benzene rings is 1. The van der Waals surface area contributed by atoms with Gasteiger partial charge in [0.05, 0.1) is 18.2 Å². The normalized spacial score (nSPS) is 10.1. The summed E-state index contributed by atoms with van der Waals surface area (Å²) in [5, 5.41) is 8.75. The van der Waals surface area contributed by atoms with Gasteiger partial charge in [0.25, 0.3) is 0 Å². The topological polar surface area (TPSA) is 50.1 Å². The van der Waals surface area contributed by atoms with Crippen molar-refractivity contribution in [2.45, 2.75) is 13.8 Å². The molecule has 0 aliphatic heterocycles. The highest BCUT2D eigenvalue weighted by Crippen LogP contribution is 2.12. The van der Waals surface area contributed by atoms with Gasteiger partial charge < -0.3 is 4.74 Å². The summed E-state index contributed by atoms with van der Waals surface area (Å²) in [6.07, 6.45) is 3.03. The average Bonchev–Trinajstić information content (AvgIpc) is 2.28. The molecule has 0 heterocycles. The van der Waals surface area contributed by atoms with Gasteiger partial charge in [0.15, 0.2) is 0 Å². The standard InChI is InChI=1S/C13H13NO2/c1-3-16-13(15)7-6-12-8-11(9-14)5-4-10(12)2/h4-8H,3H2,1-2H3. The predicted molar refractivity (Wildman–Crippen MR) is 61.6 cm³/mol. The van der Waals surface area contributed by atoms with E-state index in [1.807, 2.05) is 13.0 Å². The van der Waals surface area contributed by atoms with E-state index in [9.17, 15) is 4.79 Å². The lowest BCUT2D eigenvalue weighted by molar-refractivity contribution is -0.137. The molecule has 0 radical (unpaired) electrons. The van der Waals surface area contributed by atoms with Crippen LogP contribution in [0.25, 0.3) is 6.08 Å². The number of hydrogen-bond donors (Lipinski definition) is 0. The maximum absolute atomic E-state index is 11.1. The van der Waals surface area contributed by atoms with Crippen molar-refractivity contribution in [2.75, 3.05) is 6.61 Å². The Hall–Kier alpha value is -2.08. The van der Waals surface area contributed by atoms with Gasteiger partial charge >= 0.3 is 5.97 Å². The van der Waals surface area contributed by atoms with Crippen LogP contribution < -0.4 is 0 Å². The first-order valence-electron chi connectivity index (χ1n) is 5.03. The molecule has 0 bridgehead atoms. The minimum Gasteiger partial charge on any atom is -0.463 e. The van der Waals surface area contributed by atoms with Crippen LogP contribution in [0.15, 0.2) is 24.3 Å². The van der Waals surface area contributed by atoms with Crippen molar-refractivity contribution in [2.24, 2.45) is 0 Å². The lowest BCUT2D eigenvalue weighted by Gasteiger charge is -2.00. The zero-order chi connectivity index (χ0) is 12.0. The third-order valence-electron chi connectivity index (χ3n) is 2.09. The largest absolute Gasteiger partial charge is 0.463 e. The van der Waals surface area contributed by atoms with Crippen molar-refractivity contribution >= 4 is 12.0 Å². The summed E-state index contributed by atoms with van der Waals surface area (Å²) >= 11 is 0. The summed E-state index contributed by atoms with van der Waals surface area (Å²) in [4.78, 5) is 11.1. The number of nitrogens with zero attached hydrogens (tertiary/aromatic N) is 1. The Balaban J connectivity index is 2.88. The number of rotatable bonds is 3. The molecule has 0 N–H and O–H groups in total. The first-order valence-corrected chi connectivity index (χ1v) is 5.03. The van der Waals surface area contributed by atoms with E-state index in [2.05, 4.69) is 6.07 Å². The van der Waals surface area contributed by atoms with E-state index in [0.29, 0.717) is 12.2 Å². The molecule has 1 aromatic carbocycles. The molecule has 3 nitrogen and oxygen atoms in total. The number of esters is 1. The summed E-state index contributed by atoms with van der Waals surface area (Å²) < 4.78 is 4.77. The van der Waals surface area contributed by atoms with Gasteiger partial charge in [-0.15, -0.1) is 0 Å². The average molecular weight is 215 g/mol. The number of hydrogen-bond acceptors (Lipinski definition) is 3. The van der Waals surface area contributed by atoms with Gasteiger partial charge in [0.1, 0.15) is 0 Å². The van der Waals surface area contributed by atoms with Crippen LogP contribution in [-0.2, 0) is 9.53 Å². The van der Waals surface area contributed by atoms with Crippen LogP contribution in [0, 0.1) is 18.3 Å². The Labute approximate surface area is 95.0 Å². The molecule has 0 unspecified atom stereocenters. The fourth-order valence-electron chi connectivity index (χ4n) is 1.24. The molecular formula is C13H13NO2. The van der Waals surface area contributed by atoms with Gasteiger partial charge in [-0.3, -0.25) is 0 Å². The number of carbonyl (C=O) groups excluding carboxylic acids is 1. The molecule has 16 heavy (non-hydrogen) atoms. The summed E-state index contributed by atoms with van der Waals surface area (Å²) in [5.41, 5.74) is 2.45. The zero-order valence-electron chi connectivity index (χ0n) is 9.36. The van der Waals surface area contributed by atoms with Gasteiger partial charge in [-0.05, 0) is 43.2 Å². The Morgan fingerprint density at radius 3 is 2.94 bits per heavy atom. The molecule has 1 aromatic rings. The highest BCUT2D eigenvalue weighted by atomic mass is 16.5. The third-order valence-corrected chi connectivity index (χ3v) is 2.09. The van der Waals surface area contributed by atoms with E-state index >= 15 is 0 Å². The molecule has 0 amide bonds. The van der Waals surface area contributed by atoms with Crippen LogP contribution in [0.3, 0.4) is 0 Å². The lowest BCUT2D eigenvalue weighted by Crippen LogP contribution is -1.98. The van der Waals surface area contributed by atoms with E-state index in [1.165, 1.54) is 6.08 Å². The van der Waals surface area contributed by atoms with Gasteiger partial charge in [-0.1, -0.05) is 6.07 Å². The van der Waals surface area contributed by atoms with Crippen molar-refractivity contribution in [1.29, 1.82) is 5.26 Å². The first-order chi connectivity index (χ1) is 7.67. The van der Waals surface area contributed by atoms with Gasteiger partial charge in [0.2, 0.25) is 0 Å². The zero-order valence-corrected chi connectivity index (χ0v) is 9.36. The summed E-state index contributed by atoms with van der Waals surface area (Å²) in [7, 11) is 0. The summed E-state index contributed by atoms with van der Waals surface area (Å²) in [6.45, 7) is 4.04. The van der Waals surface area contributed by atoms with E-state index in [1.54, 1.807) is 25.1 Å². The highest BCUT2D eigenvalue weighted by Gasteiger charge is 1.98. The fourth-order valence-corrected chi connectivity index (χ4v) is 1.24. The SMILES string of the molecule is CCOC(=O)C=Cc1cc(C#N)ccc1C. The molecule has 0 fully saturated rings. The molecular weight excluding hydrogens is 202 g/mol. The van der Waals surface area contributed by atoms with Crippen LogP contribution in [0.1, 0.15) is 23.6 Å². The minimum absolute atomic E-state index is 0.361. The molecule has 3 heteroatoms. The van der Waals surface area contributed by atoms with Crippen LogP contribution in [0.2, 0.25) is 0 Å². The van der Waals surface area contributed by atoms with Crippen LogP contribution >= 0.6 is 0 Å². The van der Waals surface area contributed by atoms with Crippen molar-refractivity contribution in [3.8, 4) is 6.07 Å². The molecule has 0 saturated heterocycles. The molecule has 82 valence electrons. The second-order valence-electron chi connectivity index (χ2n) is 3.27. The maximum atomic E-state index is 11.1. The monoisotopic (exact) mass is 215 g/mol. The molecule has 0 aliphatic rings. The smallest absolute Gasteiger partial charge is 0.330 e. The van der Waals surface area contributed by atoms with Crippen molar-refractivity contribution in [3.05, 3.63) is 41.0 Å². The molecule has 1 rings (SSSR count). The van der Waals surface area contributed by atoms with Crippen LogP contribution in [0.4, 0.5) is 0 Å². The van der Waals surface area contributed by atoms with E-state index in [4.69, 9.17) is 10.00 Å². The van der Waals surface area contributed by atoms with Crippen molar-refractivity contribution in [3.63, 3.8) is 0 Å². The Morgan fingerprint density at radius 2 is 2.31 bits per heavy atom. The van der Waals surface area contributed by atoms with E-state index < -0.39 is 0 Å². The summed E-state index contributed by atoms with van der Waals surface area (Å²) in [5.74, 6) is -0.371. The number of ether oxygens (including phenoxy) is 1. The van der Waals surface area contributed by atoms with Crippen LogP contribution in [-0.4, -0.2) is 12.6 Å². The molecule has 0 spiro atoms. The van der Waals surface area contributed by atoms with Crippen molar-refractivity contribution < 1.29 is 9.53 Å². The first kappa shape index (κ1) is 12.0. The summed E-state index contributed by atoms with van der Waals surface area (Å²) in [6, 6.07) is 7.40. The number of nitriles is 1. The fraction of sp³-hybridized carbons (Fsp3) is 0.231. The van der Waals surface area contributed by atoms with E-state index in [0.717, 1.165) is 11.1 Å². The second-order valence-corrected chi connectivity index (χ2v) is 3.27. The molecule has 0 aliphatic carbocycles. The Morgan fingerprint density at radius 1 is 1.56 bits per heavy atom. The second kappa shape index (κ2) is 5.72. The highest BCUT2D eigenvalue weighted by molar-refractivity contribution is 5.87. The number of aryl methyl sites for hydroxylation is 1. The quantitative estimate of drug-likeness (QED) is 0.574. The molecule has 0 aromatic heterocycles. The number of carbonyl (C=O) groups is 1. The van der Waals surface area contributed by atoms with Gasteiger partial charge in [0, 0.05) is 6.08 Å². The third kappa shape index (κ3) is 3.25. The Kier molecular flexibility index (Phi) is 4.28. The van der Waals surface area contributed by atoms with Gasteiger partial charge in [-0.2, -0.15) is 5.26 Å². The van der Waals surface area contributed by atoms with Crippen LogP contribution in [0.5, 0.6) is 0 Å². The maximum Gasteiger partial charge on any atom is 0.330 e. The van der Waals surface area contributed by atoms with Crippen molar-refractivity contribution in [1.82, 2.24) is 0 Å². The molecule has 0 saturated carbocycles.